The molecule has 9 heteroatoms. The first-order chi connectivity index (χ1) is 14.6. The van der Waals surface area contributed by atoms with Crippen molar-refractivity contribution >= 4 is 23.1 Å². The summed E-state index contributed by atoms with van der Waals surface area (Å²) >= 11 is 0. The van der Waals surface area contributed by atoms with Crippen molar-refractivity contribution in [2.24, 2.45) is 5.92 Å². The average molecular weight is 409 g/mol. The van der Waals surface area contributed by atoms with E-state index in [2.05, 4.69) is 30.5 Å². The van der Waals surface area contributed by atoms with Crippen molar-refractivity contribution in [1.82, 2.24) is 24.7 Å². The minimum Gasteiger partial charge on any atom is -0.355 e. The van der Waals surface area contributed by atoms with E-state index in [1.165, 1.54) is 25.1 Å². The number of anilines is 2. The number of hydrogen-bond acceptors (Lipinski definition) is 6. The van der Waals surface area contributed by atoms with Crippen LogP contribution in [-0.4, -0.2) is 50.9 Å². The van der Waals surface area contributed by atoms with E-state index in [0.717, 1.165) is 31.9 Å². The normalized spacial score (nSPS) is 21.5. The van der Waals surface area contributed by atoms with Crippen molar-refractivity contribution in [3.05, 3.63) is 48.1 Å². The fraction of sp³-hybridized carbons (Fsp3) is 0.429. The lowest BCUT2D eigenvalue weighted by Gasteiger charge is -2.20. The number of pyridine rings is 1. The Labute approximate surface area is 173 Å². The topological polar surface area (TPSA) is 87.5 Å². The second-order valence-electron chi connectivity index (χ2n) is 8.10. The van der Waals surface area contributed by atoms with Crippen LogP contribution in [-0.2, 0) is 0 Å². The molecule has 156 valence electrons. The predicted octanol–water partition coefficient (Wildman–Crippen LogP) is 2.40. The van der Waals surface area contributed by atoms with Gasteiger partial charge >= 0.3 is 0 Å². The highest BCUT2D eigenvalue weighted by Crippen LogP contribution is 2.27. The van der Waals surface area contributed by atoms with E-state index in [0.29, 0.717) is 23.3 Å². The van der Waals surface area contributed by atoms with E-state index in [9.17, 15) is 9.18 Å². The van der Waals surface area contributed by atoms with E-state index in [4.69, 9.17) is 0 Å². The summed E-state index contributed by atoms with van der Waals surface area (Å²) in [5.41, 5.74) is 1.45. The molecule has 0 bridgehead atoms. The maximum Gasteiger partial charge on any atom is 0.275 e. The first kappa shape index (κ1) is 18.9. The number of fused-ring (bicyclic) bond motifs is 1. The Balaban J connectivity index is 1.26. The van der Waals surface area contributed by atoms with Crippen molar-refractivity contribution in [3.63, 3.8) is 0 Å². The lowest BCUT2D eigenvalue weighted by molar-refractivity contribution is 0.102. The van der Waals surface area contributed by atoms with Gasteiger partial charge in [-0.15, -0.1) is 0 Å². The highest BCUT2D eigenvalue weighted by atomic mass is 19.1. The van der Waals surface area contributed by atoms with Crippen LogP contribution in [0.1, 0.15) is 35.4 Å². The number of imidazole rings is 1. The Morgan fingerprint density at radius 3 is 2.93 bits per heavy atom. The average Bonchev–Trinajstić information content (AvgIpc) is 3.48. The van der Waals surface area contributed by atoms with Gasteiger partial charge in [-0.25, -0.2) is 19.3 Å². The van der Waals surface area contributed by atoms with Crippen LogP contribution >= 0.6 is 0 Å². The number of nitrogens with one attached hydrogen (secondary N) is 2. The van der Waals surface area contributed by atoms with Gasteiger partial charge in [0.25, 0.3) is 5.91 Å². The minimum atomic E-state index is -0.498. The number of carbonyl (C=O) groups excluding carboxylic acids is 1. The number of aromatic nitrogens is 4. The molecular weight excluding hydrogens is 385 g/mol. The summed E-state index contributed by atoms with van der Waals surface area (Å²) in [5.74, 6) is 0.490. The zero-order valence-electron chi connectivity index (χ0n) is 16.8. The zero-order chi connectivity index (χ0) is 20.7. The van der Waals surface area contributed by atoms with Gasteiger partial charge in [0.1, 0.15) is 11.5 Å². The Morgan fingerprint density at radius 1 is 1.27 bits per heavy atom. The number of amides is 1. The second-order valence-corrected chi connectivity index (χ2v) is 8.10. The van der Waals surface area contributed by atoms with Crippen LogP contribution in [0.3, 0.4) is 0 Å². The van der Waals surface area contributed by atoms with Crippen molar-refractivity contribution in [1.29, 1.82) is 0 Å². The summed E-state index contributed by atoms with van der Waals surface area (Å²) < 4.78 is 15.8. The fourth-order valence-electron chi connectivity index (χ4n) is 4.48. The van der Waals surface area contributed by atoms with Crippen LogP contribution in [0.4, 0.5) is 15.9 Å². The monoisotopic (exact) mass is 409 g/mol. The van der Waals surface area contributed by atoms with Crippen LogP contribution < -0.4 is 15.5 Å². The van der Waals surface area contributed by atoms with Crippen LogP contribution in [0.5, 0.6) is 0 Å². The first-order valence-corrected chi connectivity index (χ1v) is 10.3. The zero-order valence-corrected chi connectivity index (χ0v) is 16.8. The van der Waals surface area contributed by atoms with Gasteiger partial charge in [0, 0.05) is 37.6 Å². The molecular formula is C21H24FN7O. The van der Waals surface area contributed by atoms with Crippen LogP contribution in [0.2, 0.25) is 0 Å². The molecule has 2 N–H and O–H groups in total. The standard InChI is InChI=1S/C21H24FN7O/c1-13-10-29-12-15(7-16(22)20(29)26-13)27-21(30)18-8-25-19(9-24-18)28-6-4-14(11-28)17-3-2-5-23-17/h7-10,12,14,17,23H,2-6,11H2,1H3,(H,27,30). The van der Waals surface area contributed by atoms with Gasteiger partial charge < -0.3 is 19.9 Å². The summed E-state index contributed by atoms with van der Waals surface area (Å²) in [6, 6.07) is 1.85. The molecule has 2 aliphatic rings. The van der Waals surface area contributed by atoms with Gasteiger partial charge in [0.05, 0.1) is 23.8 Å². The third-order valence-electron chi connectivity index (χ3n) is 5.97. The molecule has 0 radical (unpaired) electrons. The molecule has 2 aliphatic heterocycles. The maximum absolute atomic E-state index is 14.2. The fourth-order valence-corrected chi connectivity index (χ4v) is 4.48. The molecule has 2 atom stereocenters. The Kier molecular flexibility index (Phi) is 4.82. The summed E-state index contributed by atoms with van der Waals surface area (Å²) in [4.78, 5) is 27.6. The molecule has 0 aliphatic carbocycles. The van der Waals surface area contributed by atoms with Gasteiger partial charge in [-0.05, 0) is 38.6 Å². The molecule has 2 fully saturated rings. The highest BCUT2D eigenvalue weighted by Gasteiger charge is 2.31. The molecule has 2 unspecified atom stereocenters. The SMILES string of the molecule is Cc1cn2cc(NC(=O)c3cnc(N4CCC(C5CCCN5)C4)cn3)cc(F)c2n1. The Bertz CT molecular complexity index is 1070. The third kappa shape index (κ3) is 3.60. The molecule has 0 saturated carbocycles. The number of rotatable bonds is 4. The maximum atomic E-state index is 14.2. The van der Waals surface area contributed by atoms with Gasteiger partial charge in [0.2, 0.25) is 0 Å². The van der Waals surface area contributed by atoms with Gasteiger partial charge in [-0.2, -0.15) is 0 Å². The highest BCUT2D eigenvalue weighted by molar-refractivity contribution is 6.02. The molecule has 5 heterocycles. The molecule has 0 aromatic carbocycles. The number of nitrogens with zero attached hydrogens (tertiary/aromatic N) is 5. The quantitative estimate of drug-likeness (QED) is 0.688. The van der Waals surface area contributed by atoms with E-state index < -0.39 is 11.7 Å². The van der Waals surface area contributed by atoms with Gasteiger partial charge in [-0.3, -0.25) is 4.79 Å². The first-order valence-electron chi connectivity index (χ1n) is 10.3. The summed E-state index contributed by atoms with van der Waals surface area (Å²) in [6.45, 7) is 4.81. The van der Waals surface area contributed by atoms with Crippen LogP contribution in [0, 0.1) is 18.7 Å². The van der Waals surface area contributed by atoms with Crippen LogP contribution in [0.15, 0.2) is 30.9 Å². The van der Waals surface area contributed by atoms with Crippen molar-refractivity contribution in [2.75, 3.05) is 29.9 Å². The van der Waals surface area contributed by atoms with E-state index in [1.54, 1.807) is 29.9 Å². The Morgan fingerprint density at radius 2 is 2.17 bits per heavy atom. The van der Waals surface area contributed by atoms with Crippen molar-refractivity contribution in [3.8, 4) is 0 Å². The minimum absolute atomic E-state index is 0.189. The molecule has 1 amide bonds. The van der Waals surface area contributed by atoms with Gasteiger partial charge in [0.15, 0.2) is 11.5 Å². The number of halogens is 1. The summed E-state index contributed by atoms with van der Waals surface area (Å²) in [5, 5.41) is 6.27. The number of carbonyl (C=O) groups is 1. The molecule has 0 spiro atoms. The summed E-state index contributed by atoms with van der Waals surface area (Å²) in [7, 11) is 0. The molecule has 2 saturated heterocycles. The lowest BCUT2D eigenvalue weighted by Crippen LogP contribution is -2.32. The van der Waals surface area contributed by atoms with E-state index >= 15 is 0 Å². The molecule has 3 aromatic rings. The van der Waals surface area contributed by atoms with Crippen molar-refractivity contribution in [2.45, 2.75) is 32.2 Å². The predicted molar refractivity (Wildman–Crippen MR) is 111 cm³/mol. The smallest absolute Gasteiger partial charge is 0.275 e. The molecule has 30 heavy (non-hydrogen) atoms. The van der Waals surface area contributed by atoms with Gasteiger partial charge in [-0.1, -0.05) is 0 Å². The summed E-state index contributed by atoms with van der Waals surface area (Å²) in [6.07, 6.45) is 10.1. The van der Waals surface area contributed by atoms with Crippen molar-refractivity contribution < 1.29 is 9.18 Å². The van der Waals surface area contributed by atoms with E-state index in [-0.39, 0.29) is 11.3 Å². The molecule has 5 rings (SSSR count). The van der Waals surface area contributed by atoms with Crippen LogP contribution in [0.25, 0.3) is 5.65 Å². The largest absolute Gasteiger partial charge is 0.355 e. The molecule has 3 aromatic heterocycles. The van der Waals surface area contributed by atoms with E-state index in [1.807, 2.05) is 0 Å². The third-order valence-corrected chi connectivity index (χ3v) is 5.97. The Hall–Kier alpha value is -3.07. The second kappa shape index (κ2) is 7.64. The molecule has 8 nitrogen and oxygen atoms in total. The lowest BCUT2D eigenvalue weighted by atomic mass is 9.98. The number of hydrogen-bond donors (Lipinski definition) is 2. The number of aryl methyl sites for hydroxylation is 1.